The highest BCUT2D eigenvalue weighted by Crippen LogP contribution is 2.28. The third-order valence-corrected chi connectivity index (χ3v) is 3.73. The molecule has 0 saturated carbocycles. The normalized spacial score (nSPS) is 10.7. The Balaban J connectivity index is 2.04. The Hall–Kier alpha value is -2.00. The van der Waals surface area contributed by atoms with E-state index in [1.165, 1.54) is 0 Å². The molecule has 3 nitrogen and oxygen atoms in total. The van der Waals surface area contributed by atoms with E-state index in [2.05, 4.69) is 13.8 Å². The quantitative estimate of drug-likeness (QED) is 0.566. The molecule has 0 heterocycles. The van der Waals surface area contributed by atoms with Gasteiger partial charge >= 0.3 is 5.97 Å². The molecule has 23 heavy (non-hydrogen) atoms. The molecule has 0 bridgehead atoms. The molecule has 0 radical (unpaired) electrons. The molecule has 122 valence electrons. The van der Waals surface area contributed by atoms with Crippen LogP contribution in [0, 0.1) is 13.8 Å². The minimum Gasteiger partial charge on any atom is -0.482 e. The van der Waals surface area contributed by atoms with Crippen LogP contribution in [-0.2, 0) is 4.79 Å². The second-order valence-corrected chi connectivity index (χ2v) is 6.30. The van der Waals surface area contributed by atoms with Gasteiger partial charge in [0.2, 0.25) is 0 Å². The fourth-order valence-electron chi connectivity index (χ4n) is 2.27. The Morgan fingerprint density at radius 3 is 2.48 bits per heavy atom. The Morgan fingerprint density at radius 1 is 1.09 bits per heavy atom. The third-order valence-electron chi connectivity index (χ3n) is 3.50. The largest absolute Gasteiger partial charge is 0.482 e. The van der Waals surface area contributed by atoms with Crippen molar-refractivity contribution in [2.75, 3.05) is 6.61 Å². The number of hydrogen-bond acceptors (Lipinski definition) is 3. The maximum atomic E-state index is 12.1. The summed E-state index contributed by atoms with van der Waals surface area (Å²) in [5.41, 5.74) is 2.93. The van der Waals surface area contributed by atoms with Gasteiger partial charge in [-0.1, -0.05) is 37.6 Å². The van der Waals surface area contributed by atoms with E-state index in [0.29, 0.717) is 16.5 Å². The molecule has 2 aromatic carbocycles. The van der Waals surface area contributed by atoms with E-state index in [-0.39, 0.29) is 12.5 Å². The summed E-state index contributed by atoms with van der Waals surface area (Å²) < 4.78 is 11.0. The van der Waals surface area contributed by atoms with Gasteiger partial charge in [0.1, 0.15) is 11.5 Å². The van der Waals surface area contributed by atoms with Gasteiger partial charge in [0.05, 0.1) is 0 Å². The van der Waals surface area contributed by atoms with Crippen molar-refractivity contribution in [1.29, 1.82) is 0 Å². The van der Waals surface area contributed by atoms with E-state index in [1.807, 2.05) is 32.0 Å². The fourth-order valence-corrected chi connectivity index (χ4v) is 2.50. The Bertz CT molecular complexity index is 708. The van der Waals surface area contributed by atoms with Gasteiger partial charge in [-0.2, -0.15) is 0 Å². The first-order chi connectivity index (χ1) is 10.9. The summed E-state index contributed by atoms with van der Waals surface area (Å²) in [5.74, 6) is 1.07. The number of benzene rings is 2. The van der Waals surface area contributed by atoms with Crippen LogP contribution in [0.5, 0.6) is 11.5 Å². The van der Waals surface area contributed by atoms with Crippen LogP contribution in [0.2, 0.25) is 5.02 Å². The number of carbonyl (C=O) groups is 1. The maximum Gasteiger partial charge on any atom is 0.349 e. The summed E-state index contributed by atoms with van der Waals surface area (Å²) in [7, 11) is 0. The monoisotopic (exact) mass is 332 g/mol. The zero-order valence-electron chi connectivity index (χ0n) is 13.9. The number of rotatable bonds is 5. The molecule has 2 rings (SSSR count). The smallest absolute Gasteiger partial charge is 0.349 e. The molecule has 0 atom stereocenters. The highest BCUT2D eigenvalue weighted by atomic mass is 35.5. The van der Waals surface area contributed by atoms with Crippen LogP contribution in [0.25, 0.3) is 0 Å². The third kappa shape index (κ3) is 4.73. The van der Waals surface area contributed by atoms with Gasteiger partial charge in [0.15, 0.2) is 6.61 Å². The molecule has 0 N–H and O–H groups in total. The highest BCUT2D eigenvalue weighted by molar-refractivity contribution is 6.30. The van der Waals surface area contributed by atoms with Crippen molar-refractivity contribution in [2.45, 2.75) is 33.6 Å². The predicted octanol–water partition coefficient (Wildman–Crippen LogP) is 5.06. The first-order valence-electron chi connectivity index (χ1n) is 7.57. The van der Waals surface area contributed by atoms with E-state index < -0.39 is 5.97 Å². The summed E-state index contributed by atoms with van der Waals surface area (Å²) in [6.07, 6.45) is 0. The van der Waals surface area contributed by atoms with Crippen molar-refractivity contribution in [3.63, 3.8) is 0 Å². The highest BCUT2D eigenvalue weighted by Gasteiger charge is 2.13. The molecule has 0 amide bonds. The number of hydrogen-bond donors (Lipinski definition) is 0. The van der Waals surface area contributed by atoms with Crippen molar-refractivity contribution in [2.24, 2.45) is 0 Å². The minimum atomic E-state index is -0.424. The molecule has 0 fully saturated rings. The van der Waals surface area contributed by atoms with E-state index in [9.17, 15) is 4.79 Å². The zero-order chi connectivity index (χ0) is 17.0. The molecule has 0 aliphatic rings. The summed E-state index contributed by atoms with van der Waals surface area (Å²) >= 11 is 5.90. The van der Waals surface area contributed by atoms with Gasteiger partial charge in [-0.25, -0.2) is 4.79 Å². The molecular weight excluding hydrogens is 312 g/mol. The van der Waals surface area contributed by atoms with Crippen LogP contribution in [0.3, 0.4) is 0 Å². The SMILES string of the molecule is Cc1ccc(C(C)C)c(OC(=O)COc2ccc(Cl)cc2C)c1. The molecule has 0 aliphatic carbocycles. The second-order valence-electron chi connectivity index (χ2n) is 5.87. The lowest BCUT2D eigenvalue weighted by atomic mass is 10.0. The zero-order valence-corrected chi connectivity index (χ0v) is 14.6. The van der Waals surface area contributed by atoms with Crippen LogP contribution in [0.4, 0.5) is 0 Å². The molecule has 0 unspecified atom stereocenters. The Morgan fingerprint density at radius 2 is 1.83 bits per heavy atom. The molecule has 0 aromatic heterocycles. The molecule has 4 heteroatoms. The minimum absolute atomic E-state index is 0.145. The molecule has 2 aromatic rings. The first-order valence-corrected chi connectivity index (χ1v) is 7.95. The maximum absolute atomic E-state index is 12.1. The lowest BCUT2D eigenvalue weighted by Gasteiger charge is -2.14. The summed E-state index contributed by atoms with van der Waals surface area (Å²) in [5, 5.41) is 0.638. The lowest BCUT2D eigenvalue weighted by Crippen LogP contribution is -2.19. The number of aryl methyl sites for hydroxylation is 2. The second kappa shape index (κ2) is 7.51. The van der Waals surface area contributed by atoms with E-state index in [0.717, 1.165) is 16.7 Å². The molecule has 0 aliphatic heterocycles. The summed E-state index contributed by atoms with van der Waals surface area (Å²) in [4.78, 5) is 12.1. The number of esters is 1. The van der Waals surface area contributed by atoms with Gasteiger partial charge in [-0.15, -0.1) is 0 Å². The Labute approximate surface area is 142 Å². The van der Waals surface area contributed by atoms with Crippen LogP contribution in [0.15, 0.2) is 36.4 Å². The van der Waals surface area contributed by atoms with Gasteiger partial charge in [0.25, 0.3) is 0 Å². The van der Waals surface area contributed by atoms with Gasteiger partial charge < -0.3 is 9.47 Å². The number of halogens is 1. The summed E-state index contributed by atoms with van der Waals surface area (Å²) in [6.45, 7) is 7.83. The van der Waals surface area contributed by atoms with Gasteiger partial charge in [-0.05, 0) is 60.7 Å². The molecule has 0 spiro atoms. The average Bonchev–Trinajstić information content (AvgIpc) is 2.46. The van der Waals surface area contributed by atoms with Crippen LogP contribution < -0.4 is 9.47 Å². The fraction of sp³-hybridized carbons (Fsp3) is 0.316. The van der Waals surface area contributed by atoms with Crippen molar-refractivity contribution in [3.8, 4) is 11.5 Å². The van der Waals surface area contributed by atoms with Crippen molar-refractivity contribution >= 4 is 17.6 Å². The topological polar surface area (TPSA) is 35.5 Å². The molecular formula is C19H21ClO3. The molecule has 0 saturated heterocycles. The standard InChI is InChI=1S/C19H21ClO3/c1-12(2)16-7-5-13(3)9-18(16)23-19(21)11-22-17-8-6-15(20)10-14(17)4/h5-10,12H,11H2,1-4H3. The van der Waals surface area contributed by atoms with Gasteiger partial charge in [-0.3, -0.25) is 0 Å². The van der Waals surface area contributed by atoms with Crippen LogP contribution in [0.1, 0.15) is 36.5 Å². The van der Waals surface area contributed by atoms with Gasteiger partial charge in [0, 0.05) is 5.02 Å². The van der Waals surface area contributed by atoms with Crippen molar-refractivity contribution in [1.82, 2.24) is 0 Å². The van der Waals surface area contributed by atoms with Crippen LogP contribution >= 0.6 is 11.6 Å². The van der Waals surface area contributed by atoms with Crippen molar-refractivity contribution < 1.29 is 14.3 Å². The lowest BCUT2D eigenvalue weighted by molar-refractivity contribution is -0.136. The van der Waals surface area contributed by atoms with Crippen molar-refractivity contribution in [3.05, 3.63) is 58.1 Å². The summed E-state index contributed by atoms with van der Waals surface area (Å²) in [6, 6.07) is 11.2. The van der Waals surface area contributed by atoms with E-state index in [4.69, 9.17) is 21.1 Å². The van der Waals surface area contributed by atoms with Crippen LogP contribution in [-0.4, -0.2) is 12.6 Å². The van der Waals surface area contributed by atoms with E-state index >= 15 is 0 Å². The Kier molecular flexibility index (Phi) is 5.67. The first kappa shape index (κ1) is 17.4. The van der Waals surface area contributed by atoms with E-state index in [1.54, 1.807) is 18.2 Å². The predicted molar refractivity (Wildman–Crippen MR) is 92.6 cm³/mol. The average molecular weight is 333 g/mol. The number of carbonyl (C=O) groups excluding carboxylic acids is 1. The number of ether oxygens (including phenoxy) is 2.